The number of phenols is 1. The van der Waals surface area contributed by atoms with E-state index in [2.05, 4.69) is 11.8 Å². The first kappa shape index (κ1) is 13.8. The number of hydrogen-bond acceptors (Lipinski definition) is 4. The van der Waals surface area contributed by atoms with Crippen LogP contribution in [0.3, 0.4) is 0 Å². The lowest BCUT2D eigenvalue weighted by Gasteiger charge is -2.13. The third kappa shape index (κ3) is 3.11. The van der Waals surface area contributed by atoms with Crippen LogP contribution in [0.15, 0.2) is 18.2 Å². The third-order valence-corrected chi connectivity index (χ3v) is 2.55. The van der Waals surface area contributed by atoms with Crippen molar-refractivity contribution in [2.45, 2.75) is 19.3 Å². The lowest BCUT2D eigenvalue weighted by Crippen LogP contribution is -2.14. The quantitative estimate of drug-likeness (QED) is 0.500. The summed E-state index contributed by atoms with van der Waals surface area (Å²) >= 11 is 0. The highest BCUT2D eigenvalue weighted by Gasteiger charge is 2.21. The number of aldehydes is 1. The molecule has 1 unspecified atom stereocenters. The highest BCUT2D eigenvalue weighted by atomic mass is 16.5. The fourth-order valence-electron chi connectivity index (χ4n) is 1.57. The molecule has 1 atom stereocenters. The molecule has 0 fully saturated rings. The minimum Gasteiger partial charge on any atom is -0.507 e. The predicted octanol–water partition coefficient (Wildman–Crippen LogP) is 1.87. The molecule has 0 spiro atoms. The van der Waals surface area contributed by atoms with E-state index in [1.165, 1.54) is 19.2 Å². The largest absolute Gasteiger partial charge is 0.507 e. The molecule has 4 nitrogen and oxygen atoms in total. The van der Waals surface area contributed by atoms with Crippen molar-refractivity contribution in [2.24, 2.45) is 0 Å². The molecule has 1 rings (SSSR count). The smallest absolute Gasteiger partial charge is 0.314 e. The summed E-state index contributed by atoms with van der Waals surface area (Å²) in [6.07, 6.45) is 0.852. The van der Waals surface area contributed by atoms with Crippen LogP contribution in [-0.4, -0.2) is 24.5 Å². The van der Waals surface area contributed by atoms with Crippen LogP contribution in [0.25, 0.3) is 0 Å². The van der Waals surface area contributed by atoms with Crippen LogP contribution in [0.2, 0.25) is 0 Å². The topological polar surface area (TPSA) is 63.6 Å². The van der Waals surface area contributed by atoms with Crippen molar-refractivity contribution < 1.29 is 19.4 Å². The van der Waals surface area contributed by atoms with E-state index >= 15 is 0 Å². The number of benzene rings is 1. The molecule has 0 aliphatic carbocycles. The van der Waals surface area contributed by atoms with Crippen molar-refractivity contribution in [1.29, 1.82) is 0 Å². The number of ether oxygens (including phenoxy) is 1. The highest BCUT2D eigenvalue weighted by molar-refractivity contribution is 5.82. The van der Waals surface area contributed by atoms with Gasteiger partial charge < -0.3 is 9.84 Å². The van der Waals surface area contributed by atoms with Gasteiger partial charge in [-0.2, -0.15) is 0 Å². The van der Waals surface area contributed by atoms with E-state index in [4.69, 9.17) is 4.74 Å². The van der Waals surface area contributed by atoms with E-state index in [0.717, 1.165) is 0 Å². The van der Waals surface area contributed by atoms with Crippen molar-refractivity contribution in [3.05, 3.63) is 29.3 Å². The Kier molecular flexibility index (Phi) is 4.94. The molecule has 18 heavy (non-hydrogen) atoms. The molecule has 0 amide bonds. The molecule has 1 N–H and O–H groups in total. The van der Waals surface area contributed by atoms with Crippen molar-refractivity contribution in [2.75, 3.05) is 7.11 Å². The fraction of sp³-hybridized carbons (Fsp3) is 0.286. The fourth-order valence-corrected chi connectivity index (χ4v) is 1.57. The second-order valence-corrected chi connectivity index (χ2v) is 3.64. The number of rotatable bonds is 4. The van der Waals surface area contributed by atoms with Crippen LogP contribution < -0.4 is 0 Å². The Balaban J connectivity index is 3.14. The first-order valence-corrected chi connectivity index (χ1v) is 5.39. The van der Waals surface area contributed by atoms with Crippen LogP contribution in [-0.2, 0) is 9.53 Å². The molecule has 1 aromatic rings. The number of phenolic OH excluding ortho intramolecular Hbond substituents is 1. The van der Waals surface area contributed by atoms with E-state index < -0.39 is 11.9 Å². The maximum absolute atomic E-state index is 11.7. The van der Waals surface area contributed by atoms with Gasteiger partial charge in [-0.05, 0) is 24.6 Å². The molecule has 0 saturated heterocycles. The zero-order valence-electron chi connectivity index (χ0n) is 10.3. The molecule has 1 aromatic carbocycles. The minimum atomic E-state index is -0.554. The summed E-state index contributed by atoms with van der Waals surface area (Å²) in [6.45, 7) is 1.68. The van der Waals surface area contributed by atoms with Gasteiger partial charge >= 0.3 is 5.97 Å². The predicted molar refractivity (Wildman–Crippen MR) is 66.3 cm³/mol. The lowest BCUT2D eigenvalue weighted by atomic mass is 9.94. The monoisotopic (exact) mass is 246 g/mol. The normalized spacial score (nSPS) is 11.0. The third-order valence-electron chi connectivity index (χ3n) is 2.55. The van der Waals surface area contributed by atoms with E-state index in [1.54, 1.807) is 13.0 Å². The summed E-state index contributed by atoms with van der Waals surface area (Å²) in [5.74, 6) is 4.44. The lowest BCUT2D eigenvalue weighted by molar-refractivity contribution is -0.142. The van der Waals surface area contributed by atoms with Gasteiger partial charge in [-0.1, -0.05) is 6.07 Å². The van der Waals surface area contributed by atoms with Crippen molar-refractivity contribution >= 4 is 12.3 Å². The zero-order valence-corrected chi connectivity index (χ0v) is 10.3. The summed E-state index contributed by atoms with van der Waals surface area (Å²) < 4.78 is 4.71. The molecule has 0 heterocycles. The van der Waals surface area contributed by atoms with Crippen LogP contribution in [0, 0.1) is 11.8 Å². The van der Waals surface area contributed by atoms with Crippen molar-refractivity contribution in [1.82, 2.24) is 0 Å². The zero-order chi connectivity index (χ0) is 13.5. The number of carbonyl (C=O) groups excluding carboxylic acids is 2. The molecular formula is C14H14O4. The van der Waals surface area contributed by atoms with Gasteiger partial charge in [-0.15, -0.1) is 11.8 Å². The van der Waals surface area contributed by atoms with Crippen molar-refractivity contribution in [3.63, 3.8) is 0 Å². The summed E-state index contributed by atoms with van der Waals surface area (Å²) in [5, 5.41) is 9.41. The van der Waals surface area contributed by atoms with Gasteiger partial charge in [-0.25, -0.2) is 0 Å². The maximum atomic E-state index is 11.7. The molecule has 0 saturated carbocycles. The Morgan fingerprint density at radius 3 is 2.83 bits per heavy atom. The van der Waals surface area contributed by atoms with Crippen LogP contribution in [0.4, 0.5) is 0 Å². The Labute approximate surface area is 106 Å². The van der Waals surface area contributed by atoms with E-state index in [-0.39, 0.29) is 11.3 Å². The molecule has 0 aromatic heterocycles. The first-order chi connectivity index (χ1) is 8.63. The second kappa shape index (κ2) is 6.45. The first-order valence-electron chi connectivity index (χ1n) is 5.39. The number of hydrogen-bond donors (Lipinski definition) is 1. The average molecular weight is 246 g/mol. The Morgan fingerprint density at radius 2 is 2.28 bits per heavy atom. The van der Waals surface area contributed by atoms with Crippen molar-refractivity contribution in [3.8, 4) is 17.6 Å². The van der Waals surface area contributed by atoms with Gasteiger partial charge in [0.05, 0.1) is 18.6 Å². The van der Waals surface area contributed by atoms with Crippen LogP contribution in [0.1, 0.15) is 35.2 Å². The van der Waals surface area contributed by atoms with Crippen LogP contribution in [0.5, 0.6) is 5.75 Å². The number of methoxy groups -OCH3 is 1. The minimum absolute atomic E-state index is 0.112. The molecule has 0 aliphatic heterocycles. The number of esters is 1. The molecular weight excluding hydrogens is 232 g/mol. The van der Waals surface area contributed by atoms with Gasteiger partial charge in [0, 0.05) is 6.42 Å². The highest BCUT2D eigenvalue weighted by Crippen LogP contribution is 2.25. The van der Waals surface area contributed by atoms with Gasteiger partial charge in [0.2, 0.25) is 0 Å². The molecule has 0 radical (unpaired) electrons. The SMILES string of the molecule is CC#CCC(C(=O)OC)c1ccc(O)c(C=O)c1. The van der Waals surface area contributed by atoms with Gasteiger partial charge in [-0.3, -0.25) is 9.59 Å². The molecule has 4 heteroatoms. The molecule has 94 valence electrons. The maximum Gasteiger partial charge on any atom is 0.314 e. The molecule has 0 bridgehead atoms. The van der Waals surface area contributed by atoms with Crippen LogP contribution >= 0.6 is 0 Å². The van der Waals surface area contributed by atoms with E-state index in [0.29, 0.717) is 18.3 Å². The van der Waals surface area contributed by atoms with Gasteiger partial charge in [0.25, 0.3) is 0 Å². The second-order valence-electron chi connectivity index (χ2n) is 3.64. The molecule has 0 aliphatic rings. The number of carbonyl (C=O) groups is 2. The summed E-state index contributed by atoms with van der Waals surface area (Å²) in [6, 6.07) is 4.44. The van der Waals surface area contributed by atoms with E-state index in [9.17, 15) is 14.7 Å². The summed E-state index contributed by atoms with van der Waals surface area (Å²) in [5.41, 5.74) is 0.746. The average Bonchev–Trinajstić information content (AvgIpc) is 2.40. The van der Waals surface area contributed by atoms with E-state index in [1.807, 2.05) is 0 Å². The Bertz CT molecular complexity index is 508. The summed E-state index contributed by atoms with van der Waals surface area (Å²) in [7, 11) is 1.30. The summed E-state index contributed by atoms with van der Waals surface area (Å²) in [4.78, 5) is 22.4. The van der Waals surface area contributed by atoms with Gasteiger partial charge in [0.15, 0.2) is 6.29 Å². The Morgan fingerprint density at radius 1 is 1.56 bits per heavy atom. The Hall–Kier alpha value is -2.28. The van der Waals surface area contributed by atoms with Gasteiger partial charge in [0.1, 0.15) is 5.75 Å². The number of aromatic hydroxyl groups is 1. The standard InChI is InChI=1S/C14H14O4/c1-3-4-5-12(14(17)18-2)10-6-7-13(16)11(8-10)9-15/h6-9,12,16H,5H2,1-2H3.